The predicted molar refractivity (Wildman–Crippen MR) is 51.2 cm³/mol. The third-order valence-corrected chi connectivity index (χ3v) is 1.71. The molecule has 0 spiro atoms. The maximum Gasteiger partial charge on any atom is 0.0622 e. The number of ether oxygens (including phenoxy) is 1. The normalized spacial score (nSPS) is 9.75. The lowest BCUT2D eigenvalue weighted by Gasteiger charge is -1.99. The fourth-order valence-corrected chi connectivity index (χ4v) is 0.988. The van der Waals surface area contributed by atoms with Crippen molar-refractivity contribution in [2.45, 2.75) is 6.42 Å². The first-order chi connectivity index (χ1) is 5.86. The van der Waals surface area contributed by atoms with Crippen LogP contribution in [0.2, 0.25) is 0 Å². The van der Waals surface area contributed by atoms with Crippen molar-refractivity contribution in [1.29, 1.82) is 0 Å². The van der Waals surface area contributed by atoms with Crippen LogP contribution in [0.1, 0.15) is 5.56 Å². The number of methoxy groups -OCH3 is 1. The first-order valence-electron chi connectivity index (χ1n) is 3.91. The minimum Gasteiger partial charge on any atom is -0.384 e. The standard InChI is InChI=1S/C10H13NO/c1-11-10-5-3-9(4-6-10)7-8-12-2/h3-6H,1,7-8H2,2H3. The van der Waals surface area contributed by atoms with Crippen molar-refractivity contribution in [1.82, 2.24) is 0 Å². The first-order valence-corrected chi connectivity index (χ1v) is 3.91. The molecule has 0 aromatic heterocycles. The van der Waals surface area contributed by atoms with Crippen LogP contribution in [0.3, 0.4) is 0 Å². The van der Waals surface area contributed by atoms with E-state index in [-0.39, 0.29) is 0 Å². The van der Waals surface area contributed by atoms with Gasteiger partial charge in [0, 0.05) is 7.11 Å². The Hall–Kier alpha value is -1.15. The molecule has 0 unspecified atom stereocenters. The minimum absolute atomic E-state index is 0.765. The largest absolute Gasteiger partial charge is 0.384 e. The number of benzene rings is 1. The topological polar surface area (TPSA) is 21.6 Å². The second-order valence-corrected chi connectivity index (χ2v) is 2.57. The summed E-state index contributed by atoms with van der Waals surface area (Å²) in [6.07, 6.45) is 0.952. The molecule has 0 N–H and O–H groups in total. The number of aliphatic imine (C=N–C) groups is 1. The van der Waals surface area contributed by atoms with Gasteiger partial charge >= 0.3 is 0 Å². The molecule has 0 atom stereocenters. The van der Waals surface area contributed by atoms with Crippen LogP contribution in [-0.2, 0) is 11.2 Å². The molecule has 0 amide bonds. The van der Waals surface area contributed by atoms with E-state index in [1.54, 1.807) is 7.11 Å². The molecule has 2 nitrogen and oxygen atoms in total. The van der Waals surface area contributed by atoms with Crippen LogP contribution in [0, 0.1) is 0 Å². The van der Waals surface area contributed by atoms with E-state index in [2.05, 4.69) is 11.7 Å². The molecule has 1 rings (SSSR count). The molecule has 2 heteroatoms. The van der Waals surface area contributed by atoms with Gasteiger partial charge in [-0.15, -0.1) is 0 Å². The van der Waals surface area contributed by atoms with Gasteiger partial charge in [-0.3, -0.25) is 4.99 Å². The highest BCUT2D eigenvalue weighted by molar-refractivity contribution is 5.45. The summed E-state index contributed by atoms with van der Waals surface area (Å²) in [6, 6.07) is 8.00. The highest BCUT2D eigenvalue weighted by Gasteiger charge is 1.91. The number of hydrogen-bond donors (Lipinski definition) is 0. The van der Waals surface area contributed by atoms with E-state index >= 15 is 0 Å². The van der Waals surface area contributed by atoms with Crippen molar-refractivity contribution in [2.75, 3.05) is 13.7 Å². The predicted octanol–water partition coefficient (Wildman–Crippen LogP) is 2.21. The molecule has 0 aliphatic rings. The van der Waals surface area contributed by atoms with Crippen LogP contribution < -0.4 is 0 Å². The Balaban J connectivity index is 2.58. The van der Waals surface area contributed by atoms with Crippen molar-refractivity contribution in [3.63, 3.8) is 0 Å². The van der Waals surface area contributed by atoms with Crippen molar-refractivity contribution in [3.8, 4) is 0 Å². The van der Waals surface area contributed by atoms with Crippen molar-refractivity contribution in [2.24, 2.45) is 4.99 Å². The first kappa shape index (κ1) is 8.94. The summed E-state index contributed by atoms with van der Waals surface area (Å²) in [4.78, 5) is 3.81. The average molecular weight is 163 g/mol. The molecule has 0 radical (unpaired) electrons. The summed E-state index contributed by atoms with van der Waals surface area (Å²) in [5, 5.41) is 0. The van der Waals surface area contributed by atoms with Gasteiger partial charge in [0.2, 0.25) is 0 Å². The van der Waals surface area contributed by atoms with Gasteiger partial charge < -0.3 is 4.74 Å². The molecule has 0 bridgehead atoms. The lowest BCUT2D eigenvalue weighted by molar-refractivity contribution is 0.202. The summed E-state index contributed by atoms with van der Waals surface area (Å²) in [5.74, 6) is 0. The molecular formula is C10H13NO. The van der Waals surface area contributed by atoms with E-state index in [9.17, 15) is 0 Å². The summed E-state index contributed by atoms with van der Waals surface area (Å²) in [5.41, 5.74) is 2.18. The van der Waals surface area contributed by atoms with Crippen molar-refractivity contribution < 1.29 is 4.74 Å². The Labute approximate surface area is 72.9 Å². The third kappa shape index (κ3) is 2.47. The molecule has 0 aliphatic heterocycles. The Bertz CT molecular complexity index is 241. The average Bonchev–Trinajstić information content (AvgIpc) is 2.15. The zero-order valence-electron chi connectivity index (χ0n) is 7.29. The van der Waals surface area contributed by atoms with Gasteiger partial charge in [-0.1, -0.05) is 12.1 Å². The van der Waals surface area contributed by atoms with Gasteiger partial charge in [-0.05, 0) is 30.8 Å². The number of nitrogens with zero attached hydrogens (tertiary/aromatic N) is 1. The highest BCUT2D eigenvalue weighted by Crippen LogP contribution is 2.11. The smallest absolute Gasteiger partial charge is 0.0622 e. The Kier molecular flexibility index (Phi) is 3.48. The molecule has 64 valence electrons. The SMILES string of the molecule is C=Nc1ccc(CCOC)cc1. The van der Waals surface area contributed by atoms with Crippen LogP contribution in [0.4, 0.5) is 5.69 Å². The van der Waals surface area contributed by atoms with Crippen LogP contribution in [0.25, 0.3) is 0 Å². The summed E-state index contributed by atoms with van der Waals surface area (Å²) >= 11 is 0. The summed E-state index contributed by atoms with van der Waals surface area (Å²) < 4.78 is 4.97. The monoisotopic (exact) mass is 163 g/mol. The summed E-state index contributed by atoms with van der Waals surface area (Å²) in [6.45, 7) is 4.21. The van der Waals surface area contributed by atoms with Gasteiger partial charge in [0.25, 0.3) is 0 Å². The van der Waals surface area contributed by atoms with Crippen LogP contribution in [0.5, 0.6) is 0 Å². The van der Waals surface area contributed by atoms with Gasteiger partial charge in [0.05, 0.1) is 12.3 Å². The maximum absolute atomic E-state index is 4.97. The zero-order chi connectivity index (χ0) is 8.81. The van der Waals surface area contributed by atoms with Crippen LogP contribution in [0.15, 0.2) is 29.3 Å². The molecule has 1 aromatic rings. The Morgan fingerprint density at radius 1 is 1.33 bits per heavy atom. The van der Waals surface area contributed by atoms with E-state index in [1.165, 1.54) is 5.56 Å². The van der Waals surface area contributed by atoms with Crippen LogP contribution >= 0.6 is 0 Å². The zero-order valence-corrected chi connectivity index (χ0v) is 7.29. The molecule has 0 saturated heterocycles. The maximum atomic E-state index is 4.97. The van der Waals surface area contributed by atoms with Gasteiger partial charge in [0.1, 0.15) is 0 Å². The number of rotatable bonds is 4. The van der Waals surface area contributed by atoms with E-state index in [0.29, 0.717) is 0 Å². The second-order valence-electron chi connectivity index (χ2n) is 2.57. The molecule has 0 saturated carbocycles. The molecule has 1 aromatic carbocycles. The van der Waals surface area contributed by atoms with Crippen molar-refractivity contribution in [3.05, 3.63) is 29.8 Å². The molecule has 12 heavy (non-hydrogen) atoms. The molecule has 0 aliphatic carbocycles. The fourth-order valence-electron chi connectivity index (χ4n) is 0.988. The minimum atomic E-state index is 0.765. The lowest BCUT2D eigenvalue weighted by Crippen LogP contribution is -1.93. The van der Waals surface area contributed by atoms with E-state index in [0.717, 1.165) is 18.7 Å². The quantitative estimate of drug-likeness (QED) is 0.623. The van der Waals surface area contributed by atoms with Crippen molar-refractivity contribution >= 4 is 12.4 Å². The van der Waals surface area contributed by atoms with Gasteiger partial charge in [-0.2, -0.15) is 0 Å². The third-order valence-electron chi connectivity index (χ3n) is 1.71. The highest BCUT2D eigenvalue weighted by atomic mass is 16.5. The fraction of sp³-hybridized carbons (Fsp3) is 0.300. The van der Waals surface area contributed by atoms with E-state index in [1.807, 2.05) is 24.3 Å². The second kappa shape index (κ2) is 4.67. The molecule has 0 fully saturated rings. The lowest BCUT2D eigenvalue weighted by atomic mass is 10.1. The van der Waals surface area contributed by atoms with Gasteiger partial charge in [-0.25, -0.2) is 0 Å². The van der Waals surface area contributed by atoms with E-state index in [4.69, 9.17) is 4.74 Å². The summed E-state index contributed by atoms with van der Waals surface area (Å²) in [7, 11) is 1.71. The van der Waals surface area contributed by atoms with Gasteiger partial charge in [0.15, 0.2) is 0 Å². The number of hydrogen-bond acceptors (Lipinski definition) is 2. The van der Waals surface area contributed by atoms with E-state index < -0.39 is 0 Å². The Morgan fingerprint density at radius 2 is 2.00 bits per heavy atom. The molecular weight excluding hydrogens is 150 g/mol. The Morgan fingerprint density at radius 3 is 2.50 bits per heavy atom. The molecule has 0 heterocycles. The van der Waals surface area contributed by atoms with Crippen LogP contribution in [-0.4, -0.2) is 20.4 Å².